The van der Waals surface area contributed by atoms with Crippen LogP contribution in [0.15, 0.2) is 12.2 Å². The molecule has 5 heteroatoms. The van der Waals surface area contributed by atoms with Crippen molar-refractivity contribution in [1.82, 2.24) is 0 Å². The minimum atomic E-state index is -0.731. The van der Waals surface area contributed by atoms with Gasteiger partial charge in [0.25, 0.3) is 0 Å². The van der Waals surface area contributed by atoms with E-state index in [0.717, 1.165) is 57.8 Å². The number of unbranched alkanes of at least 4 members (excludes halogenated alkanes) is 3. The van der Waals surface area contributed by atoms with Crippen LogP contribution in [0.25, 0.3) is 0 Å². The first-order valence-corrected chi connectivity index (χ1v) is 11.4. The minimum Gasteiger partial charge on any atom is -0.469 e. The fourth-order valence-electron chi connectivity index (χ4n) is 4.32. The lowest BCUT2D eigenvalue weighted by molar-refractivity contribution is -0.145. The van der Waals surface area contributed by atoms with Gasteiger partial charge < -0.3 is 14.9 Å². The van der Waals surface area contributed by atoms with Crippen molar-refractivity contribution in [3.05, 3.63) is 12.2 Å². The average molecular weight is 411 g/mol. The molecule has 0 aromatic heterocycles. The molecule has 1 fully saturated rings. The summed E-state index contributed by atoms with van der Waals surface area (Å²) in [7, 11) is 1.43. The Bertz CT molecular complexity index is 525. The molecule has 1 aliphatic carbocycles. The molecule has 0 aliphatic heterocycles. The second kappa shape index (κ2) is 13.2. The number of carbonyl (C=O) groups is 2. The Morgan fingerprint density at radius 1 is 1.28 bits per heavy atom. The lowest BCUT2D eigenvalue weighted by Crippen LogP contribution is -2.23. The van der Waals surface area contributed by atoms with Gasteiger partial charge in [-0.15, -0.1) is 0 Å². The topological polar surface area (TPSA) is 83.8 Å². The van der Waals surface area contributed by atoms with Crippen LogP contribution in [0.1, 0.15) is 91.4 Å². The molecular formula is C24H42O5. The van der Waals surface area contributed by atoms with Crippen LogP contribution in [0.5, 0.6) is 0 Å². The van der Waals surface area contributed by atoms with Crippen LogP contribution in [0, 0.1) is 17.8 Å². The SMILES string of the molecule is CCCCC(C)(O)C/C=C/[C@H]1[C@H](O)CC(=O)[C@@H]1CCCCCC(CC)C(=O)OC. The van der Waals surface area contributed by atoms with E-state index in [-0.39, 0.29) is 35.9 Å². The smallest absolute Gasteiger partial charge is 0.308 e. The van der Waals surface area contributed by atoms with E-state index in [0.29, 0.717) is 6.42 Å². The third-order valence-corrected chi connectivity index (χ3v) is 6.31. The van der Waals surface area contributed by atoms with E-state index < -0.39 is 11.7 Å². The zero-order valence-corrected chi connectivity index (χ0v) is 18.9. The van der Waals surface area contributed by atoms with Crippen LogP contribution in [-0.4, -0.2) is 40.8 Å². The number of ketones is 1. The molecule has 0 saturated heterocycles. The maximum absolute atomic E-state index is 12.3. The summed E-state index contributed by atoms with van der Waals surface area (Å²) >= 11 is 0. The van der Waals surface area contributed by atoms with Gasteiger partial charge in [0.2, 0.25) is 0 Å². The van der Waals surface area contributed by atoms with Crippen LogP contribution in [0.3, 0.4) is 0 Å². The van der Waals surface area contributed by atoms with Crippen molar-refractivity contribution in [2.24, 2.45) is 17.8 Å². The van der Waals surface area contributed by atoms with Gasteiger partial charge in [0.15, 0.2) is 0 Å². The summed E-state index contributed by atoms with van der Waals surface area (Å²) in [6.07, 6.45) is 12.0. The number of aliphatic hydroxyl groups is 2. The number of ether oxygens (including phenoxy) is 1. The van der Waals surface area contributed by atoms with E-state index in [2.05, 4.69) is 6.92 Å². The molecule has 1 rings (SSSR count). The standard InChI is InChI=1S/C24H42O5/c1-5-7-15-24(3,28)16-11-14-20-19(21(25)17-22(20)26)13-10-8-9-12-18(6-2)23(27)29-4/h11,14,18-20,22,26,28H,5-10,12-13,15-17H2,1-4H3/b14-11+/t18?,19-,20-,22-,24?/m1/s1. The lowest BCUT2D eigenvalue weighted by atomic mass is 9.87. The maximum Gasteiger partial charge on any atom is 0.308 e. The first-order valence-electron chi connectivity index (χ1n) is 11.4. The summed E-state index contributed by atoms with van der Waals surface area (Å²) in [6.45, 7) is 5.95. The minimum absolute atomic E-state index is 0.0360. The summed E-state index contributed by atoms with van der Waals surface area (Å²) in [4.78, 5) is 24.0. The Balaban J connectivity index is 2.47. The average Bonchev–Trinajstić information content (AvgIpc) is 2.95. The lowest BCUT2D eigenvalue weighted by Gasteiger charge is -2.22. The molecule has 0 spiro atoms. The summed E-state index contributed by atoms with van der Waals surface area (Å²) in [5.74, 6) is -0.314. The summed E-state index contributed by atoms with van der Waals surface area (Å²) in [5.41, 5.74) is -0.731. The van der Waals surface area contributed by atoms with Gasteiger partial charge in [0, 0.05) is 18.3 Å². The maximum atomic E-state index is 12.3. The molecule has 0 heterocycles. The fraction of sp³-hybridized carbons (Fsp3) is 0.833. The number of hydrogen-bond acceptors (Lipinski definition) is 5. The Kier molecular flexibility index (Phi) is 11.7. The van der Waals surface area contributed by atoms with E-state index in [9.17, 15) is 19.8 Å². The second-order valence-electron chi connectivity index (χ2n) is 8.92. The number of carbonyl (C=O) groups excluding carboxylic acids is 2. The van der Waals surface area contributed by atoms with Crippen molar-refractivity contribution in [3.63, 3.8) is 0 Å². The Labute approximate surface area is 176 Å². The number of Topliss-reactive ketones (excluding diaryl/α,β-unsaturated/α-hetero) is 1. The molecule has 0 aromatic carbocycles. The third kappa shape index (κ3) is 9.00. The monoisotopic (exact) mass is 410 g/mol. The first kappa shape index (κ1) is 25.8. The molecule has 168 valence electrons. The van der Waals surface area contributed by atoms with E-state index >= 15 is 0 Å². The van der Waals surface area contributed by atoms with Crippen LogP contribution >= 0.6 is 0 Å². The highest BCUT2D eigenvalue weighted by Crippen LogP contribution is 2.35. The van der Waals surface area contributed by atoms with Crippen molar-refractivity contribution in [1.29, 1.82) is 0 Å². The van der Waals surface area contributed by atoms with Gasteiger partial charge in [-0.3, -0.25) is 9.59 Å². The number of methoxy groups -OCH3 is 1. The highest BCUT2D eigenvalue weighted by atomic mass is 16.5. The summed E-state index contributed by atoms with van der Waals surface area (Å²) in [6, 6.07) is 0. The van der Waals surface area contributed by atoms with Crippen LogP contribution < -0.4 is 0 Å². The van der Waals surface area contributed by atoms with Gasteiger partial charge in [-0.25, -0.2) is 0 Å². The van der Waals surface area contributed by atoms with Gasteiger partial charge in [0.05, 0.1) is 24.7 Å². The first-order chi connectivity index (χ1) is 13.8. The normalized spacial score (nSPS) is 25.3. The predicted molar refractivity (Wildman–Crippen MR) is 115 cm³/mol. The third-order valence-electron chi connectivity index (χ3n) is 6.31. The summed E-state index contributed by atoms with van der Waals surface area (Å²) in [5, 5.41) is 20.7. The van der Waals surface area contributed by atoms with Crippen LogP contribution in [-0.2, 0) is 14.3 Å². The molecule has 5 atom stereocenters. The molecule has 0 amide bonds. The molecule has 1 aliphatic rings. The number of aliphatic hydroxyl groups excluding tert-OH is 1. The van der Waals surface area contributed by atoms with E-state index in [1.165, 1.54) is 7.11 Å². The summed E-state index contributed by atoms with van der Waals surface area (Å²) < 4.78 is 4.83. The number of esters is 1. The molecule has 29 heavy (non-hydrogen) atoms. The van der Waals surface area contributed by atoms with E-state index in [1.807, 2.05) is 26.0 Å². The van der Waals surface area contributed by atoms with Gasteiger partial charge in [0.1, 0.15) is 5.78 Å². The molecule has 0 radical (unpaired) electrons. The van der Waals surface area contributed by atoms with Crippen molar-refractivity contribution in [2.75, 3.05) is 7.11 Å². The zero-order valence-electron chi connectivity index (χ0n) is 18.9. The molecule has 0 bridgehead atoms. The number of hydrogen-bond donors (Lipinski definition) is 2. The largest absolute Gasteiger partial charge is 0.469 e. The van der Waals surface area contributed by atoms with Crippen molar-refractivity contribution < 1.29 is 24.5 Å². The Hall–Kier alpha value is -1.20. The van der Waals surface area contributed by atoms with E-state index in [1.54, 1.807) is 0 Å². The van der Waals surface area contributed by atoms with Gasteiger partial charge in [-0.05, 0) is 39.0 Å². The van der Waals surface area contributed by atoms with Crippen molar-refractivity contribution >= 4 is 11.8 Å². The van der Waals surface area contributed by atoms with Gasteiger partial charge in [-0.2, -0.15) is 0 Å². The molecule has 2 N–H and O–H groups in total. The van der Waals surface area contributed by atoms with Gasteiger partial charge in [-0.1, -0.05) is 58.1 Å². The molecular weight excluding hydrogens is 368 g/mol. The van der Waals surface area contributed by atoms with Crippen LogP contribution in [0.2, 0.25) is 0 Å². The Morgan fingerprint density at radius 3 is 2.62 bits per heavy atom. The molecule has 5 nitrogen and oxygen atoms in total. The van der Waals surface area contributed by atoms with Crippen LogP contribution in [0.4, 0.5) is 0 Å². The quantitative estimate of drug-likeness (QED) is 0.249. The number of rotatable bonds is 14. The highest BCUT2D eigenvalue weighted by Gasteiger charge is 2.39. The van der Waals surface area contributed by atoms with Gasteiger partial charge >= 0.3 is 5.97 Å². The zero-order chi connectivity index (χ0) is 21.9. The molecule has 0 aromatic rings. The van der Waals surface area contributed by atoms with Crippen molar-refractivity contribution in [3.8, 4) is 0 Å². The fourth-order valence-corrected chi connectivity index (χ4v) is 4.32. The van der Waals surface area contributed by atoms with E-state index in [4.69, 9.17) is 4.74 Å². The highest BCUT2D eigenvalue weighted by molar-refractivity contribution is 5.84. The second-order valence-corrected chi connectivity index (χ2v) is 8.92. The Morgan fingerprint density at radius 2 is 2.00 bits per heavy atom. The molecule has 1 saturated carbocycles. The van der Waals surface area contributed by atoms with Crippen molar-refractivity contribution in [2.45, 2.75) is 103 Å². The predicted octanol–water partition coefficient (Wildman–Crippen LogP) is 4.59. The molecule has 2 unspecified atom stereocenters.